The number of aryl methyl sites for hydroxylation is 1. The van der Waals surface area contributed by atoms with Crippen LogP contribution in [-0.2, 0) is 16.6 Å². The number of rotatable bonds is 9. The Balaban J connectivity index is 1.67. The SMILES string of the molecule is CCCCNS(=O)(=O)c1cccc(NC(=O)c2cc(-c3cccs3)nc3c2cnn3CC)c1. The third kappa shape index (κ3) is 4.97. The summed E-state index contributed by atoms with van der Waals surface area (Å²) in [4.78, 5) is 19.1. The molecule has 2 N–H and O–H groups in total. The van der Waals surface area contributed by atoms with Crippen molar-refractivity contribution in [1.82, 2.24) is 19.5 Å². The molecule has 0 bridgehead atoms. The molecule has 10 heteroatoms. The van der Waals surface area contributed by atoms with Gasteiger partial charge < -0.3 is 5.32 Å². The summed E-state index contributed by atoms with van der Waals surface area (Å²) in [6.45, 7) is 4.95. The van der Waals surface area contributed by atoms with E-state index in [1.54, 1.807) is 40.4 Å². The van der Waals surface area contributed by atoms with E-state index in [-0.39, 0.29) is 10.8 Å². The fraction of sp³-hybridized carbons (Fsp3) is 0.261. The summed E-state index contributed by atoms with van der Waals surface area (Å²) in [5.74, 6) is -0.357. The fourth-order valence-electron chi connectivity index (χ4n) is 3.42. The average Bonchev–Trinajstić information content (AvgIpc) is 3.48. The lowest BCUT2D eigenvalue weighted by Crippen LogP contribution is -2.24. The summed E-state index contributed by atoms with van der Waals surface area (Å²) in [7, 11) is -3.65. The Morgan fingerprint density at radius 1 is 1.15 bits per heavy atom. The molecule has 0 saturated heterocycles. The van der Waals surface area contributed by atoms with Gasteiger partial charge in [0.1, 0.15) is 0 Å². The summed E-state index contributed by atoms with van der Waals surface area (Å²) < 4.78 is 29.5. The number of sulfonamides is 1. The van der Waals surface area contributed by atoms with Crippen molar-refractivity contribution in [2.24, 2.45) is 0 Å². The quantitative estimate of drug-likeness (QED) is 0.341. The number of fused-ring (bicyclic) bond motifs is 1. The van der Waals surface area contributed by atoms with Crippen molar-refractivity contribution in [2.75, 3.05) is 11.9 Å². The topological polar surface area (TPSA) is 106 Å². The van der Waals surface area contributed by atoms with Crippen LogP contribution < -0.4 is 10.0 Å². The number of nitrogens with zero attached hydrogens (tertiary/aromatic N) is 3. The van der Waals surface area contributed by atoms with Gasteiger partial charge in [-0.3, -0.25) is 4.79 Å². The molecule has 3 heterocycles. The highest BCUT2D eigenvalue weighted by molar-refractivity contribution is 7.89. The minimum absolute atomic E-state index is 0.106. The van der Waals surface area contributed by atoms with Gasteiger partial charge in [0.05, 0.1) is 32.6 Å². The monoisotopic (exact) mass is 483 g/mol. The molecule has 0 unspecified atom stereocenters. The van der Waals surface area contributed by atoms with E-state index in [1.165, 1.54) is 12.1 Å². The zero-order chi connectivity index (χ0) is 23.4. The molecule has 0 radical (unpaired) electrons. The van der Waals surface area contributed by atoms with Crippen LogP contribution in [0, 0.1) is 0 Å². The van der Waals surface area contributed by atoms with Crippen LogP contribution in [0.15, 0.2) is 58.9 Å². The van der Waals surface area contributed by atoms with Crippen LogP contribution in [0.3, 0.4) is 0 Å². The lowest BCUT2D eigenvalue weighted by Gasteiger charge is -2.11. The van der Waals surface area contributed by atoms with E-state index < -0.39 is 10.0 Å². The van der Waals surface area contributed by atoms with E-state index in [4.69, 9.17) is 4.98 Å². The van der Waals surface area contributed by atoms with Gasteiger partial charge in [-0.25, -0.2) is 22.8 Å². The van der Waals surface area contributed by atoms with Crippen molar-refractivity contribution in [1.29, 1.82) is 0 Å². The normalized spacial score (nSPS) is 11.7. The number of hydrogen-bond acceptors (Lipinski definition) is 6. The van der Waals surface area contributed by atoms with Crippen LogP contribution in [0.1, 0.15) is 37.0 Å². The maximum atomic E-state index is 13.3. The van der Waals surface area contributed by atoms with Crippen molar-refractivity contribution < 1.29 is 13.2 Å². The highest BCUT2D eigenvalue weighted by atomic mass is 32.2. The number of anilines is 1. The highest BCUT2D eigenvalue weighted by Gasteiger charge is 2.19. The van der Waals surface area contributed by atoms with Crippen LogP contribution in [0.5, 0.6) is 0 Å². The zero-order valence-electron chi connectivity index (χ0n) is 18.4. The third-order valence-corrected chi connectivity index (χ3v) is 7.50. The van der Waals surface area contributed by atoms with Crippen molar-refractivity contribution >= 4 is 44.0 Å². The molecule has 0 aliphatic heterocycles. The molecule has 0 fully saturated rings. The van der Waals surface area contributed by atoms with E-state index in [9.17, 15) is 13.2 Å². The number of aromatic nitrogens is 3. The molecule has 0 spiro atoms. The Kier molecular flexibility index (Phi) is 6.87. The number of thiophene rings is 1. The third-order valence-electron chi connectivity index (χ3n) is 5.15. The van der Waals surface area contributed by atoms with Crippen LogP contribution >= 0.6 is 11.3 Å². The average molecular weight is 484 g/mol. The molecule has 33 heavy (non-hydrogen) atoms. The molecular weight excluding hydrogens is 458 g/mol. The Morgan fingerprint density at radius 2 is 2.00 bits per heavy atom. The van der Waals surface area contributed by atoms with E-state index in [0.29, 0.717) is 41.1 Å². The van der Waals surface area contributed by atoms with E-state index in [1.807, 2.05) is 31.4 Å². The van der Waals surface area contributed by atoms with Gasteiger partial charge in [-0.05, 0) is 49.1 Å². The number of pyridine rings is 1. The minimum Gasteiger partial charge on any atom is -0.322 e. The summed E-state index contributed by atoms with van der Waals surface area (Å²) in [5, 5.41) is 9.79. The smallest absolute Gasteiger partial charge is 0.256 e. The number of hydrogen-bond donors (Lipinski definition) is 2. The number of benzene rings is 1. The molecule has 4 aromatic rings. The number of unbranched alkanes of at least 4 members (excludes halogenated alkanes) is 1. The van der Waals surface area contributed by atoms with Gasteiger partial charge in [0.2, 0.25) is 10.0 Å². The van der Waals surface area contributed by atoms with Crippen molar-refractivity contribution in [3.8, 4) is 10.6 Å². The molecule has 1 amide bonds. The Labute approximate surface area is 196 Å². The maximum Gasteiger partial charge on any atom is 0.256 e. The Hall–Kier alpha value is -3.08. The standard InChI is InChI=1S/C23H25N5O3S2/c1-3-5-11-25-33(30,31)17-9-6-8-16(13-17)26-23(29)18-14-20(21-10-7-12-32-21)27-22-19(18)15-24-28(22)4-2/h6-10,12-15,25H,3-5,11H2,1-2H3,(H,26,29). The highest BCUT2D eigenvalue weighted by Crippen LogP contribution is 2.28. The lowest BCUT2D eigenvalue weighted by atomic mass is 10.1. The van der Waals surface area contributed by atoms with Crippen LogP contribution in [0.4, 0.5) is 5.69 Å². The second-order valence-electron chi connectivity index (χ2n) is 7.46. The Bertz CT molecular complexity index is 1380. The molecule has 3 aromatic heterocycles. The second kappa shape index (κ2) is 9.82. The van der Waals surface area contributed by atoms with E-state index >= 15 is 0 Å². The summed E-state index contributed by atoms with van der Waals surface area (Å²) >= 11 is 1.54. The van der Waals surface area contributed by atoms with Gasteiger partial charge in [-0.2, -0.15) is 5.10 Å². The van der Waals surface area contributed by atoms with Crippen molar-refractivity contribution in [3.63, 3.8) is 0 Å². The molecule has 0 saturated carbocycles. The molecule has 0 aliphatic carbocycles. The fourth-order valence-corrected chi connectivity index (χ4v) is 5.23. The van der Waals surface area contributed by atoms with Gasteiger partial charge in [-0.1, -0.05) is 25.5 Å². The van der Waals surface area contributed by atoms with Gasteiger partial charge in [0.15, 0.2) is 5.65 Å². The molecule has 1 aromatic carbocycles. The number of carbonyl (C=O) groups excluding carboxylic acids is 1. The summed E-state index contributed by atoms with van der Waals surface area (Å²) in [5.41, 5.74) is 2.14. The molecule has 8 nitrogen and oxygen atoms in total. The first kappa shape index (κ1) is 23.1. The van der Waals surface area contributed by atoms with Crippen molar-refractivity contribution in [2.45, 2.75) is 38.1 Å². The molecular formula is C23H25N5O3S2. The first-order chi connectivity index (χ1) is 15.9. The second-order valence-corrected chi connectivity index (χ2v) is 10.2. The van der Waals surface area contributed by atoms with Crippen LogP contribution in [0.25, 0.3) is 21.6 Å². The first-order valence-electron chi connectivity index (χ1n) is 10.7. The largest absolute Gasteiger partial charge is 0.322 e. The molecule has 0 aliphatic rings. The number of carbonyl (C=O) groups is 1. The number of amides is 1. The van der Waals surface area contributed by atoms with Gasteiger partial charge in [0.25, 0.3) is 5.91 Å². The van der Waals surface area contributed by atoms with E-state index in [0.717, 1.165) is 17.7 Å². The van der Waals surface area contributed by atoms with Gasteiger partial charge in [0, 0.05) is 18.8 Å². The van der Waals surface area contributed by atoms with Gasteiger partial charge in [-0.15, -0.1) is 11.3 Å². The zero-order valence-corrected chi connectivity index (χ0v) is 20.0. The summed E-state index contributed by atoms with van der Waals surface area (Å²) in [6, 6.07) is 11.9. The maximum absolute atomic E-state index is 13.3. The van der Waals surface area contributed by atoms with Crippen molar-refractivity contribution in [3.05, 3.63) is 59.6 Å². The predicted molar refractivity (Wildman–Crippen MR) is 131 cm³/mol. The summed E-state index contributed by atoms with van der Waals surface area (Å²) in [6.07, 6.45) is 3.28. The van der Waals surface area contributed by atoms with Crippen LogP contribution in [0.2, 0.25) is 0 Å². The van der Waals surface area contributed by atoms with Gasteiger partial charge >= 0.3 is 0 Å². The molecule has 172 valence electrons. The molecule has 4 rings (SSSR count). The predicted octanol–water partition coefficient (Wildman–Crippen LogP) is 4.51. The first-order valence-corrected chi connectivity index (χ1v) is 13.1. The minimum atomic E-state index is -3.65. The molecule has 0 atom stereocenters. The van der Waals surface area contributed by atoms with E-state index in [2.05, 4.69) is 15.1 Å². The van der Waals surface area contributed by atoms with Crippen LogP contribution in [-0.4, -0.2) is 35.6 Å². The Morgan fingerprint density at radius 3 is 2.73 bits per heavy atom. The lowest BCUT2D eigenvalue weighted by molar-refractivity contribution is 0.102. The number of nitrogens with one attached hydrogen (secondary N) is 2.